The van der Waals surface area contributed by atoms with E-state index in [0.717, 1.165) is 25.9 Å². The van der Waals surface area contributed by atoms with E-state index in [9.17, 15) is 4.39 Å². The van der Waals surface area contributed by atoms with Crippen LogP contribution < -0.4 is 0 Å². The van der Waals surface area contributed by atoms with Gasteiger partial charge < -0.3 is 0 Å². The van der Waals surface area contributed by atoms with Crippen molar-refractivity contribution in [3.63, 3.8) is 0 Å². The molecule has 0 aromatic heterocycles. The van der Waals surface area contributed by atoms with Gasteiger partial charge in [0.25, 0.3) is 0 Å². The number of hydrogen-bond donors (Lipinski definition) is 0. The lowest BCUT2D eigenvalue weighted by Crippen LogP contribution is -2.37. The van der Waals surface area contributed by atoms with E-state index in [2.05, 4.69) is 53.4 Å². The fourth-order valence-corrected chi connectivity index (χ4v) is 3.23. The topological polar surface area (TPSA) is 3.24 Å². The van der Waals surface area contributed by atoms with Gasteiger partial charge in [-0.05, 0) is 30.4 Å². The van der Waals surface area contributed by atoms with E-state index in [1.54, 1.807) is 0 Å². The fraction of sp³-hybridized carbons (Fsp3) is 0.368. The Morgan fingerprint density at radius 3 is 1.76 bits per heavy atom. The van der Waals surface area contributed by atoms with Crippen LogP contribution in [0.2, 0.25) is 0 Å². The Bertz CT molecular complexity index is 499. The number of hydrogen-bond acceptors (Lipinski definition) is 1. The molecule has 0 bridgehead atoms. The molecule has 1 fully saturated rings. The highest BCUT2D eigenvalue weighted by molar-refractivity contribution is 5.17. The van der Waals surface area contributed by atoms with Gasteiger partial charge in [0.1, 0.15) is 6.17 Å². The highest BCUT2D eigenvalue weighted by atomic mass is 19.1. The molecule has 1 aliphatic carbocycles. The second-order valence-corrected chi connectivity index (χ2v) is 5.89. The Morgan fingerprint density at radius 2 is 1.33 bits per heavy atom. The molecule has 2 heteroatoms. The number of nitrogens with zero attached hydrogens (tertiary/aromatic N) is 1. The summed E-state index contributed by atoms with van der Waals surface area (Å²) in [5, 5.41) is 0. The molecule has 110 valence electrons. The van der Waals surface area contributed by atoms with Crippen LogP contribution >= 0.6 is 0 Å². The number of halogens is 1. The van der Waals surface area contributed by atoms with Crippen LogP contribution in [0.3, 0.4) is 0 Å². The highest BCUT2D eigenvalue weighted by Crippen LogP contribution is 2.29. The van der Waals surface area contributed by atoms with Crippen LogP contribution in [0.5, 0.6) is 0 Å². The Morgan fingerprint density at radius 1 is 0.810 bits per heavy atom. The van der Waals surface area contributed by atoms with Crippen molar-refractivity contribution in [3.8, 4) is 0 Å². The lowest BCUT2D eigenvalue weighted by Gasteiger charge is -2.30. The maximum atomic E-state index is 14.2. The van der Waals surface area contributed by atoms with Gasteiger partial charge in [-0.25, -0.2) is 4.39 Å². The number of alkyl halides is 1. The predicted molar refractivity (Wildman–Crippen MR) is 84.7 cm³/mol. The Balaban J connectivity index is 1.77. The monoisotopic (exact) mass is 283 g/mol. The summed E-state index contributed by atoms with van der Waals surface area (Å²) in [6.45, 7) is 1.64. The van der Waals surface area contributed by atoms with Gasteiger partial charge in [0, 0.05) is 19.1 Å². The van der Waals surface area contributed by atoms with Crippen LogP contribution in [0.15, 0.2) is 60.7 Å². The van der Waals surface area contributed by atoms with E-state index in [1.807, 2.05) is 12.1 Å². The molecule has 21 heavy (non-hydrogen) atoms. The lowest BCUT2D eigenvalue weighted by molar-refractivity contribution is 0.117. The average molecular weight is 283 g/mol. The first-order valence-corrected chi connectivity index (χ1v) is 7.79. The number of rotatable bonds is 5. The van der Waals surface area contributed by atoms with Gasteiger partial charge >= 0.3 is 0 Å². The van der Waals surface area contributed by atoms with Crippen molar-refractivity contribution in [2.45, 2.75) is 44.6 Å². The molecule has 0 N–H and O–H groups in total. The van der Waals surface area contributed by atoms with Gasteiger partial charge in [-0.2, -0.15) is 0 Å². The molecule has 0 heterocycles. The standard InChI is InChI=1S/C19H22FN/c20-18-12-7-13-19(18)21(14-16-8-3-1-4-9-16)15-17-10-5-2-6-11-17/h1-6,8-11,18-19H,7,12-15H2/t18-,19-/m1/s1. The summed E-state index contributed by atoms with van der Waals surface area (Å²) in [4.78, 5) is 2.31. The third kappa shape index (κ3) is 3.70. The normalized spacial score (nSPS) is 21.8. The van der Waals surface area contributed by atoms with Crippen molar-refractivity contribution in [1.29, 1.82) is 0 Å². The summed E-state index contributed by atoms with van der Waals surface area (Å²) in [5.41, 5.74) is 2.51. The molecule has 2 atom stereocenters. The second-order valence-electron chi connectivity index (χ2n) is 5.89. The van der Waals surface area contributed by atoms with Crippen molar-refractivity contribution in [1.82, 2.24) is 4.90 Å². The van der Waals surface area contributed by atoms with E-state index in [0.29, 0.717) is 6.42 Å². The highest BCUT2D eigenvalue weighted by Gasteiger charge is 2.32. The molecule has 0 spiro atoms. The minimum Gasteiger partial charge on any atom is -0.289 e. The van der Waals surface area contributed by atoms with Crippen molar-refractivity contribution in [3.05, 3.63) is 71.8 Å². The Labute approximate surface area is 126 Å². The zero-order valence-electron chi connectivity index (χ0n) is 12.3. The molecule has 0 unspecified atom stereocenters. The van der Waals surface area contributed by atoms with E-state index in [4.69, 9.17) is 0 Å². The molecule has 1 nitrogen and oxygen atoms in total. The summed E-state index contributed by atoms with van der Waals surface area (Å²) in [7, 11) is 0. The molecule has 0 radical (unpaired) electrons. The van der Waals surface area contributed by atoms with Crippen molar-refractivity contribution in [2.24, 2.45) is 0 Å². The molecular formula is C19H22FN. The van der Waals surface area contributed by atoms with Crippen molar-refractivity contribution in [2.75, 3.05) is 0 Å². The summed E-state index contributed by atoms with van der Waals surface area (Å²) in [5.74, 6) is 0. The zero-order valence-corrected chi connectivity index (χ0v) is 12.3. The summed E-state index contributed by atoms with van der Waals surface area (Å²) in [6, 6.07) is 20.8. The van der Waals surface area contributed by atoms with Crippen LogP contribution in [0.1, 0.15) is 30.4 Å². The molecule has 2 aromatic carbocycles. The quantitative estimate of drug-likeness (QED) is 0.776. The predicted octanol–water partition coefficient (Wildman–Crippen LogP) is 4.58. The minimum absolute atomic E-state index is 0.0606. The third-order valence-electron chi connectivity index (χ3n) is 4.32. The zero-order chi connectivity index (χ0) is 14.5. The van der Waals surface area contributed by atoms with Gasteiger partial charge in [-0.3, -0.25) is 4.90 Å². The smallest absolute Gasteiger partial charge is 0.116 e. The van der Waals surface area contributed by atoms with E-state index >= 15 is 0 Å². The molecule has 0 aliphatic heterocycles. The first kappa shape index (κ1) is 14.3. The molecule has 0 saturated heterocycles. The van der Waals surface area contributed by atoms with Crippen LogP contribution in [-0.2, 0) is 13.1 Å². The SMILES string of the molecule is F[C@@H]1CCC[C@H]1N(Cc1ccccc1)Cc1ccccc1. The van der Waals surface area contributed by atoms with Gasteiger partial charge in [-0.1, -0.05) is 60.7 Å². The first-order valence-electron chi connectivity index (χ1n) is 7.79. The maximum Gasteiger partial charge on any atom is 0.116 e. The molecule has 0 amide bonds. The van der Waals surface area contributed by atoms with Gasteiger partial charge in [0.15, 0.2) is 0 Å². The second kappa shape index (κ2) is 6.86. The van der Waals surface area contributed by atoms with Crippen LogP contribution in [0.25, 0.3) is 0 Å². The van der Waals surface area contributed by atoms with E-state index in [-0.39, 0.29) is 6.04 Å². The van der Waals surface area contributed by atoms with E-state index < -0.39 is 6.17 Å². The molecular weight excluding hydrogens is 261 g/mol. The number of benzene rings is 2. The maximum absolute atomic E-state index is 14.2. The summed E-state index contributed by atoms with van der Waals surface area (Å²) in [6.07, 6.45) is 2.01. The molecule has 1 saturated carbocycles. The van der Waals surface area contributed by atoms with Crippen molar-refractivity contribution < 1.29 is 4.39 Å². The largest absolute Gasteiger partial charge is 0.289 e. The lowest BCUT2D eigenvalue weighted by atomic mass is 10.1. The van der Waals surface area contributed by atoms with E-state index in [1.165, 1.54) is 11.1 Å². The Kier molecular flexibility index (Phi) is 4.66. The van der Waals surface area contributed by atoms with Gasteiger partial charge in [0.05, 0.1) is 0 Å². The van der Waals surface area contributed by atoms with Crippen molar-refractivity contribution >= 4 is 0 Å². The van der Waals surface area contributed by atoms with Crippen LogP contribution in [0.4, 0.5) is 4.39 Å². The average Bonchev–Trinajstić information content (AvgIpc) is 2.95. The van der Waals surface area contributed by atoms with Gasteiger partial charge in [-0.15, -0.1) is 0 Å². The first-order chi connectivity index (χ1) is 10.3. The van der Waals surface area contributed by atoms with Crippen LogP contribution in [-0.4, -0.2) is 17.1 Å². The molecule has 3 rings (SSSR count). The minimum atomic E-state index is -0.683. The summed E-state index contributed by atoms with van der Waals surface area (Å²) < 4.78 is 14.2. The summed E-state index contributed by atoms with van der Waals surface area (Å²) >= 11 is 0. The Hall–Kier alpha value is -1.67. The van der Waals surface area contributed by atoms with Gasteiger partial charge in [0.2, 0.25) is 0 Å². The molecule has 2 aromatic rings. The van der Waals surface area contributed by atoms with Crippen LogP contribution in [0, 0.1) is 0 Å². The third-order valence-corrected chi connectivity index (χ3v) is 4.32. The fourth-order valence-electron chi connectivity index (χ4n) is 3.23. The molecule has 1 aliphatic rings.